The van der Waals surface area contributed by atoms with Gasteiger partial charge in [-0.25, -0.2) is 18.9 Å². The van der Waals surface area contributed by atoms with Crippen molar-refractivity contribution in [1.29, 1.82) is 0 Å². The van der Waals surface area contributed by atoms with Crippen LogP contribution in [0.15, 0.2) is 94.3 Å². The number of benzene rings is 4. The third-order valence-corrected chi connectivity index (χ3v) is 8.48. The number of aryl methyl sites for hydroxylation is 1. The number of carbonyl (C=O) groups is 1. The Morgan fingerprint density at radius 1 is 1.00 bits per heavy atom. The van der Waals surface area contributed by atoms with Gasteiger partial charge in [-0.1, -0.05) is 41.4 Å². The van der Waals surface area contributed by atoms with E-state index in [2.05, 4.69) is 0 Å². The van der Waals surface area contributed by atoms with Crippen LogP contribution < -0.4 is 14.4 Å². The highest BCUT2D eigenvalue weighted by Gasteiger charge is 2.23. The Hall–Kier alpha value is -4.44. The van der Waals surface area contributed by atoms with Crippen LogP contribution in [0.25, 0.3) is 11.3 Å². The maximum atomic E-state index is 14.5. The fourth-order valence-electron chi connectivity index (χ4n) is 4.63. The maximum absolute atomic E-state index is 14.5. The Morgan fingerprint density at radius 2 is 1.80 bits per heavy atom. The number of thiazole rings is 1. The molecule has 7 nitrogen and oxygen atoms in total. The number of hydrogen-bond acceptors (Lipinski definition) is 6. The van der Waals surface area contributed by atoms with E-state index in [9.17, 15) is 9.18 Å². The third-order valence-electron chi connectivity index (χ3n) is 7.02. The van der Waals surface area contributed by atoms with Crippen LogP contribution in [0.3, 0.4) is 0 Å². The molecule has 1 saturated heterocycles. The second kappa shape index (κ2) is 12.7. The molecule has 1 amide bonds. The lowest BCUT2D eigenvalue weighted by Crippen LogP contribution is -2.23. The van der Waals surface area contributed by atoms with E-state index in [-0.39, 0.29) is 6.09 Å². The summed E-state index contributed by atoms with van der Waals surface area (Å²) in [5.41, 5.74) is 5.12. The van der Waals surface area contributed by atoms with Crippen LogP contribution in [0.2, 0.25) is 10.0 Å². The lowest BCUT2D eigenvalue weighted by Gasteiger charge is -2.13. The van der Waals surface area contributed by atoms with Crippen LogP contribution in [-0.4, -0.2) is 30.1 Å². The highest BCUT2D eigenvalue weighted by atomic mass is 35.5. The smallest absolute Gasteiger partial charge is 0.414 e. The minimum absolute atomic E-state index is 0.358. The average molecular weight is 648 g/mol. The lowest BCUT2D eigenvalue weighted by molar-refractivity contribution is 0.181. The van der Waals surface area contributed by atoms with E-state index in [0.717, 1.165) is 28.1 Å². The molecule has 0 aliphatic carbocycles. The second-order valence-corrected chi connectivity index (χ2v) is 11.6. The summed E-state index contributed by atoms with van der Waals surface area (Å²) in [6.07, 6.45) is 1.17. The first-order valence-electron chi connectivity index (χ1n) is 13.6. The molecule has 1 aromatic heterocycles. The quantitative estimate of drug-likeness (QED) is 0.166. The van der Waals surface area contributed by atoms with Gasteiger partial charge in [-0.05, 0) is 85.6 Å². The number of anilines is 1. The van der Waals surface area contributed by atoms with Gasteiger partial charge < -0.3 is 9.47 Å². The molecule has 44 heavy (non-hydrogen) atoms. The molecule has 0 spiro atoms. The Morgan fingerprint density at radius 3 is 2.55 bits per heavy atom. The van der Waals surface area contributed by atoms with Crippen LogP contribution in [-0.2, 0) is 4.74 Å². The molecule has 2 heterocycles. The molecule has 0 N–H and O–H groups in total. The summed E-state index contributed by atoms with van der Waals surface area (Å²) in [5.74, 6) is 0.579. The molecule has 222 valence electrons. The van der Waals surface area contributed by atoms with Crippen molar-refractivity contribution in [2.75, 3.05) is 18.1 Å². The van der Waals surface area contributed by atoms with Gasteiger partial charge in [-0.3, -0.25) is 4.90 Å². The van der Waals surface area contributed by atoms with Gasteiger partial charge in [-0.15, -0.1) is 11.3 Å². The SMILES string of the molecule is Cc1cc(Cl)ccc1Oc1ccc(F)cc1/C=N/n1c(-c2ccc(N3CCOC3=O)cc2)csc1=Nc1cccc(Cl)c1C. The molecule has 5 aromatic rings. The number of carbonyl (C=O) groups excluding carboxylic acids is 1. The zero-order chi connectivity index (χ0) is 30.8. The topological polar surface area (TPSA) is 68.4 Å². The zero-order valence-electron chi connectivity index (χ0n) is 23.6. The molecular weight excluding hydrogens is 622 g/mol. The molecule has 0 saturated carbocycles. The zero-order valence-corrected chi connectivity index (χ0v) is 26.0. The van der Waals surface area contributed by atoms with E-state index >= 15 is 0 Å². The summed E-state index contributed by atoms with van der Waals surface area (Å²) < 4.78 is 27.4. The molecule has 0 radical (unpaired) electrons. The minimum Gasteiger partial charge on any atom is -0.456 e. The number of halogens is 3. The monoisotopic (exact) mass is 646 g/mol. The predicted octanol–water partition coefficient (Wildman–Crippen LogP) is 9.14. The Kier molecular flexibility index (Phi) is 8.52. The van der Waals surface area contributed by atoms with Gasteiger partial charge in [0.1, 0.15) is 23.9 Å². The fourth-order valence-corrected chi connectivity index (χ4v) is 5.87. The Labute approximate surface area is 267 Å². The van der Waals surface area contributed by atoms with Crippen molar-refractivity contribution < 1.29 is 18.7 Å². The summed E-state index contributed by atoms with van der Waals surface area (Å²) in [7, 11) is 0. The standard InChI is InChI=1S/C33H25Cl2FN4O3S/c1-20-16-24(34)8-12-30(20)43-31-13-9-25(36)17-23(31)18-37-40-29(19-44-32(40)38-28-5-3-4-27(35)21(28)2)22-6-10-26(11-7-22)39-14-15-42-33(39)41/h3-13,16-19H,14-15H2,1-2H3/b37-18+,38-32?. The van der Waals surface area contributed by atoms with Gasteiger partial charge >= 0.3 is 6.09 Å². The number of cyclic esters (lactones) is 1. The first kappa shape index (κ1) is 29.6. The van der Waals surface area contributed by atoms with Gasteiger partial charge in [-0.2, -0.15) is 5.10 Å². The van der Waals surface area contributed by atoms with Gasteiger partial charge in [0.05, 0.1) is 24.1 Å². The first-order valence-corrected chi connectivity index (χ1v) is 15.2. The molecule has 0 atom stereocenters. The minimum atomic E-state index is -0.433. The number of amides is 1. The molecule has 0 bridgehead atoms. The Bertz CT molecular complexity index is 1970. The Balaban J connectivity index is 1.43. The van der Waals surface area contributed by atoms with Crippen molar-refractivity contribution in [3.8, 4) is 22.8 Å². The second-order valence-electron chi connectivity index (χ2n) is 9.96. The molecule has 1 fully saturated rings. The van der Waals surface area contributed by atoms with Crippen LogP contribution in [0.1, 0.15) is 16.7 Å². The highest BCUT2D eigenvalue weighted by molar-refractivity contribution is 7.07. The molecular formula is C33H25Cl2FN4O3S. The fraction of sp³-hybridized carbons (Fsp3) is 0.121. The van der Waals surface area contributed by atoms with E-state index in [4.69, 9.17) is 42.8 Å². The van der Waals surface area contributed by atoms with E-state index in [0.29, 0.717) is 50.7 Å². The van der Waals surface area contributed by atoms with Crippen molar-refractivity contribution in [2.45, 2.75) is 13.8 Å². The number of aromatic nitrogens is 1. The van der Waals surface area contributed by atoms with Crippen LogP contribution in [0, 0.1) is 19.7 Å². The molecule has 1 aliphatic rings. The van der Waals surface area contributed by atoms with Crippen molar-refractivity contribution in [3.05, 3.63) is 122 Å². The van der Waals surface area contributed by atoms with Crippen molar-refractivity contribution in [3.63, 3.8) is 0 Å². The third kappa shape index (κ3) is 6.26. The first-order chi connectivity index (χ1) is 21.3. The van der Waals surface area contributed by atoms with Gasteiger partial charge in [0.2, 0.25) is 4.80 Å². The molecule has 4 aromatic carbocycles. The van der Waals surface area contributed by atoms with Crippen LogP contribution in [0.5, 0.6) is 11.5 Å². The summed E-state index contributed by atoms with van der Waals surface area (Å²) >= 11 is 13.9. The van der Waals surface area contributed by atoms with Crippen LogP contribution in [0.4, 0.5) is 20.6 Å². The summed E-state index contributed by atoms with van der Waals surface area (Å²) in [4.78, 5) is 19.1. The highest BCUT2D eigenvalue weighted by Crippen LogP contribution is 2.31. The van der Waals surface area contributed by atoms with Crippen molar-refractivity contribution >= 4 is 58.2 Å². The normalized spacial score (nSPS) is 13.6. The van der Waals surface area contributed by atoms with Gasteiger partial charge in [0.15, 0.2) is 0 Å². The summed E-state index contributed by atoms with van der Waals surface area (Å²) in [6.45, 7) is 4.64. The number of rotatable bonds is 7. The van der Waals surface area contributed by atoms with Crippen LogP contribution >= 0.6 is 34.5 Å². The predicted molar refractivity (Wildman–Crippen MR) is 174 cm³/mol. The largest absolute Gasteiger partial charge is 0.456 e. The average Bonchev–Trinajstić information content (AvgIpc) is 3.62. The number of hydrogen-bond donors (Lipinski definition) is 0. The maximum Gasteiger partial charge on any atom is 0.414 e. The number of ether oxygens (including phenoxy) is 2. The molecule has 1 aliphatic heterocycles. The summed E-state index contributed by atoms with van der Waals surface area (Å²) in [5, 5.41) is 7.91. The van der Waals surface area contributed by atoms with E-state index < -0.39 is 5.82 Å². The molecule has 6 rings (SSSR count). The lowest BCUT2D eigenvalue weighted by atomic mass is 10.1. The molecule has 0 unspecified atom stereocenters. The summed E-state index contributed by atoms with van der Waals surface area (Å²) in [6, 6.07) is 22.6. The van der Waals surface area contributed by atoms with E-state index in [1.165, 1.54) is 23.5 Å². The van der Waals surface area contributed by atoms with Gasteiger partial charge in [0, 0.05) is 32.2 Å². The van der Waals surface area contributed by atoms with Gasteiger partial charge in [0.25, 0.3) is 0 Å². The molecule has 11 heteroatoms. The van der Waals surface area contributed by atoms with Crippen molar-refractivity contribution in [2.24, 2.45) is 10.1 Å². The number of nitrogens with zero attached hydrogens (tertiary/aromatic N) is 4. The van der Waals surface area contributed by atoms with E-state index in [1.54, 1.807) is 40.1 Å². The van der Waals surface area contributed by atoms with E-state index in [1.807, 2.05) is 61.7 Å². The van der Waals surface area contributed by atoms with Crippen molar-refractivity contribution in [1.82, 2.24) is 4.68 Å².